The zero-order valence-corrected chi connectivity index (χ0v) is 20.2. The van der Waals surface area contributed by atoms with Gasteiger partial charge in [-0.25, -0.2) is 0 Å². The van der Waals surface area contributed by atoms with Crippen LogP contribution in [0.15, 0.2) is 91.0 Å². The van der Waals surface area contributed by atoms with Crippen molar-refractivity contribution in [2.45, 2.75) is 55.9 Å². The summed E-state index contributed by atoms with van der Waals surface area (Å²) in [5, 5.41) is 10.8. The van der Waals surface area contributed by atoms with Gasteiger partial charge in [-0.3, -0.25) is 0 Å². The standard InChI is InChI=1S/C29H32O6/c1-28(2)34-25-23(33-27(31-3)24(30)26(25)35-28)19-32-29(20-13-7-4-8-14-20,21-15-9-5-10-16-21)22-17-11-6-12-18-22/h4-18,23-27,30H,19H2,1-3H3/t23?,24?,25-,26?,27+/m0/s1. The van der Waals surface area contributed by atoms with Crippen LogP contribution in [-0.2, 0) is 29.3 Å². The first kappa shape index (κ1) is 24.1. The largest absolute Gasteiger partial charge is 0.385 e. The van der Waals surface area contributed by atoms with E-state index in [4.69, 9.17) is 23.7 Å². The molecule has 0 spiro atoms. The van der Waals surface area contributed by atoms with E-state index in [1.807, 2.05) is 68.4 Å². The second-order valence-corrected chi connectivity index (χ2v) is 9.42. The molecule has 35 heavy (non-hydrogen) atoms. The van der Waals surface area contributed by atoms with E-state index in [2.05, 4.69) is 36.4 Å². The van der Waals surface area contributed by atoms with E-state index < -0.39 is 42.1 Å². The highest BCUT2D eigenvalue weighted by Crippen LogP contribution is 2.43. The smallest absolute Gasteiger partial charge is 0.186 e. The first-order chi connectivity index (χ1) is 16.9. The normalized spacial score (nSPS) is 27.9. The molecule has 2 saturated heterocycles. The molecule has 0 aliphatic carbocycles. The van der Waals surface area contributed by atoms with Crippen LogP contribution in [-0.4, -0.2) is 55.3 Å². The highest BCUT2D eigenvalue weighted by atomic mass is 16.8. The summed E-state index contributed by atoms with van der Waals surface area (Å²) in [5.41, 5.74) is 2.10. The first-order valence-corrected chi connectivity index (χ1v) is 12.0. The number of rotatable bonds is 7. The highest BCUT2D eigenvalue weighted by molar-refractivity contribution is 5.47. The molecule has 6 nitrogen and oxygen atoms in total. The van der Waals surface area contributed by atoms with Crippen molar-refractivity contribution in [1.82, 2.24) is 0 Å². The summed E-state index contributed by atoms with van der Waals surface area (Å²) in [7, 11) is 1.51. The summed E-state index contributed by atoms with van der Waals surface area (Å²) in [5.74, 6) is -0.851. The van der Waals surface area contributed by atoms with Crippen LogP contribution in [0, 0.1) is 0 Å². The molecule has 0 bridgehead atoms. The monoisotopic (exact) mass is 476 g/mol. The molecule has 5 atom stereocenters. The molecule has 5 rings (SSSR count). The van der Waals surface area contributed by atoms with E-state index >= 15 is 0 Å². The second-order valence-electron chi connectivity index (χ2n) is 9.42. The van der Waals surface area contributed by atoms with Crippen LogP contribution in [0.1, 0.15) is 30.5 Å². The molecule has 2 heterocycles. The summed E-state index contributed by atoms with van der Waals surface area (Å²) >= 11 is 0. The quantitative estimate of drug-likeness (QED) is 0.515. The van der Waals surface area contributed by atoms with Gasteiger partial charge in [0.15, 0.2) is 12.1 Å². The number of aliphatic hydroxyl groups is 1. The van der Waals surface area contributed by atoms with Crippen molar-refractivity contribution in [2.24, 2.45) is 0 Å². The zero-order valence-electron chi connectivity index (χ0n) is 20.2. The lowest BCUT2D eigenvalue weighted by Crippen LogP contribution is -2.58. The lowest BCUT2D eigenvalue weighted by molar-refractivity contribution is -0.279. The van der Waals surface area contributed by atoms with Crippen molar-refractivity contribution in [3.05, 3.63) is 108 Å². The highest BCUT2D eigenvalue weighted by Gasteiger charge is 2.55. The average molecular weight is 477 g/mol. The Morgan fingerprint density at radius 2 is 1.23 bits per heavy atom. The lowest BCUT2D eigenvalue weighted by atomic mass is 9.80. The van der Waals surface area contributed by atoms with Crippen molar-refractivity contribution < 1.29 is 28.8 Å². The molecule has 184 valence electrons. The molecular formula is C29H32O6. The fourth-order valence-electron chi connectivity index (χ4n) is 5.16. The minimum Gasteiger partial charge on any atom is -0.385 e. The average Bonchev–Trinajstić information content (AvgIpc) is 3.23. The third-order valence-electron chi connectivity index (χ3n) is 6.69. The molecule has 0 radical (unpaired) electrons. The van der Waals surface area contributed by atoms with Crippen LogP contribution in [0.3, 0.4) is 0 Å². The molecule has 3 unspecified atom stereocenters. The van der Waals surface area contributed by atoms with Gasteiger partial charge >= 0.3 is 0 Å². The van der Waals surface area contributed by atoms with Crippen molar-refractivity contribution in [3.63, 3.8) is 0 Å². The number of methoxy groups -OCH3 is 1. The third-order valence-corrected chi connectivity index (χ3v) is 6.69. The maximum Gasteiger partial charge on any atom is 0.186 e. The van der Waals surface area contributed by atoms with Gasteiger partial charge in [-0.1, -0.05) is 91.0 Å². The summed E-state index contributed by atoms with van der Waals surface area (Å²) in [6.45, 7) is 3.85. The Bertz CT molecular complexity index is 991. The number of hydrogen-bond acceptors (Lipinski definition) is 6. The van der Waals surface area contributed by atoms with Crippen LogP contribution in [0.25, 0.3) is 0 Å². The maximum absolute atomic E-state index is 10.8. The van der Waals surface area contributed by atoms with Crippen molar-refractivity contribution in [1.29, 1.82) is 0 Å². The fraction of sp³-hybridized carbons (Fsp3) is 0.379. The Morgan fingerprint density at radius 1 is 0.771 bits per heavy atom. The molecule has 2 aliphatic rings. The molecule has 6 heteroatoms. The molecule has 3 aromatic rings. The number of aliphatic hydroxyl groups excluding tert-OH is 1. The topological polar surface area (TPSA) is 66.4 Å². The van der Waals surface area contributed by atoms with Gasteiger partial charge in [0.2, 0.25) is 0 Å². The molecular weight excluding hydrogens is 444 g/mol. The number of ether oxygens (including phenoxy) is 5. The minimum atomic E-state index is -0.967. The Morgan fingerprint density at radius 3 is 1.69 bits per heavy atom. The van der Waals surface area contributed by atoms with E-state index in [0.717, 1.165) is 16.7 Å². The van der Waals surface area contributed by atoms with Gasteiger partial charge in [0, 0.05) is 7.11 Å². The molecule has 0 amide bonds. The van der Waals surface area contributed by atoms with E-state index in [-0.39, 0.29) is 6.61 Å². The third kappa shape index (κ3) is 4.54. The Balaban J connectivity index is 1.56. The summed E-state index contributed by atoms with van der Waals surface area (Å²) in [6, 6.07) is 30.5. The molecule has 0 aromatic heterocycles. The van der Waals surface area contributed by atoms with Gasteiger partial charge in [0.1, 0.15) is 30.0 Å². The fourth-order valence-corrected chi connectivity index (χ4v) is 5.16. The predicted molar refractivity (Wildman–Crippen MR) is 131 cm³/mol. The summed E-state index contributed by atoms with van der Waals surface area (Å²) in [6.07, 6.45) is -3.43. The maximum atomic E-state index is 10.8. The molecule has 0 saturated carbocycles. The van der Waals surface area contributed by atoms with E-state index in [0.29, 0.717) is 0 Å². The summed E-state index contributed by atoms with van der Waals surface area (Å²) in [4.78, 5) is 0. The van der Waals surface area contributed by atoms with Crippen LogP contribution in [0.2, 0.25) is 0 Å². The molecule has 1 N–H and O–H groups in total. The van der Waals surface area contributed by atoms with Gasteiger partial charge in [0.05, 0.1) is 6.61 Å². The number of hydrogen-bond donors (Lipinski definition) is 1. The summed E-state index contributed by atoms with van der Waals surface area (Å²) < 4.78 is 30.7. The van der Waals surface area contributed by atoms with Gasteiger partial charge in [0.25, 0.3) is 0 Å². The first-order valence-electron chi connectivity index (χ1n) is 12.0. The van der Waals surface area contributed by atoms with Gasteiger partial charge in [-0.15, -0.1) is 0 Å². The Kier molecular flexibility index (Phi) is 6.77. The second kappa shape index (κ2) is 9.82. The zero-order chi connectivity index (χ0) is 24.5. The Hall–Kier alpha value is -2.58. The predicted octanol–water partition coefficient (Wildman–Crippen LogP) is 4.25. The molecule has 2 aliphatic heterocycles. The van der Waals surface area contributed by atoms with Crippen molar-refractivity contribution in [3.8, 4) is 0 Å². The number of fused-ring (bicyclic) bond motifs is 1. The van der Waals surface area contributed by atoms with Crippen LogP contribution in [0.5, 0.6) is 0 Å². The van der Waals surface area contributed by atoms with Crippen LogP contribution in [0.4, 0.5) is 0 Å². The van der Waals surface area contributed by atoms with E-state index in [1.165, 1.54) is 7.11 Å². The van der Waals surface area contributed by atoms with Crippen LogP contribution < -0.4 is 0 Å². The molecule has 2 fully saturated rings. The van der Waals surface area contributed by atoms with Gasteiger partial charge < -0.3 is 28.8 Å². The Labute approximate surface area is 206 Å². The van der Waals surface area contributed by atoms with Crippen LogP contribution >= 0.6 is 0 Å². The SMILES string of the molecule is CO[C@@H]1OC(COC(c2ccccc2)(c2ccccc2)c2ccccc2)[C@@H]2OC(C)(C)OC2C1O. The van der Waals surface area contributed by atoms with Crippen molar-refractivity contribution in [2.75, 3.05) is 13.7 Å². The van der Waals surface area contributed by atoms with Gasteiger partial charge in [-0.2, -0.15) is 0 Å². The van der Waals surface area contributed by atoms with E-state index in [9.17, 15) is 5.11 Å². The van der Waals surface area contributed by atoms with Gasteiger partial charge in [-0.05, 0) is 30.5 Å². The number of benzene rings is 3. The van der Waals surface area contributed by atoms with E-state index in [1.54, 1.807) is 0 Å². The van der Waals surface area contributed by atoms with Crippen molar-refractivity contribution >= 4 is 0 Å². The minimum absolute atomic E-state index is 0.186. The molecule has 3 aromatic carbocycles. The lowest BCUT2D eigenvalue weighted by Gasteiger charge is -2.42.